The number of hydrogen-bond acceptors (Lipinski definition) is 2. The molecule has 0 unspecified atom stereocenters. The second-order valence-electron chi connectivity index (χ2n) is 3.93. The zero-order valence-corrected chi connectivity index (χ0v) is 9.84. The summed E-state index contributed by atoms with van der Waals surface area (Å²) in [5, 5.41) is 13.0. The molecular weight excluding hydrogens is 216 g/mol. The lowest BCUT2D eigenvalue weighted by atomic mass is 10.1. The van der Waals surface area contributed by atoms with Gasteiger partial charge in [0, 0.05) is 11.8 Å². The van der Waals surface area contributed by atoms with Crippen LogP contribution in [-0.2, 0) is 6.42 Å². The molecule has 0 spiro atoms. The quantitative estimate of drug-likeness (QED) is 0.881. The average molecular weight is 230 g/mol. The average Bonchev–Trinajstić information content (AvgIpc) is 2.71. The Labute approximate surface area is 99.5 Å². The molecule has 1 aromatic heterocycles. The number of benzene rings is 1. The van der Waals surface area contributed by atoms with Crippen molar-refractivity contribution in [3.05, 3.63) is 47.3 Å². The van der Waals surface area contributed by atoms with Crippen LogP contribution in [0.4, 0.5) is 0 Å². The molecule has 1 N–H and O–H groups in total. The Balaban J connectivity index is 2.39. The number of carboxylic acid groups (broad SMARTS) is 1. The van der Waals surface area contributed by atoms with Crippen molar-refractivity contribution >= 4 is 5.97 Å². The summed E-state index contributed by atoms with van der Waals surface area (Å²) in [5.74, 6) is -0.994. The number of aromatic nitrogens is 2. The zero-order valence-electron chi connectivity index (χ0n) is 9.84. The molecule has 4 nitrogen and oxygen atoms in total. The number of carboxylic acids is 1. The standard InChI is InChI=1S/C13H14N2O2/c1-3-10-4-6-11(7-5-10)15-8-9(2)12(14-15)13(16)17/h4-8H,3H2,1-2H3,(H,16,17). The summed E-state index contributed by atoms with van der Waals surface area (Å²) in [6.45, 7) is 3.84. The highest BCUT2D eigenvalue weighted by atomic mass is 16.4. The lowest BCUT2D eigenvalue weighted by Gasteiger charge is -2.02. The van der Waals surface area contributed by atoms with E-state index in [9.17, 15) is 4.79 Å². The predicted octanol–water partition coefficient (Wildman–Crippen LogP) is 2.44. The van der Waals surface area contributed by atoms with Crippen LogP contribution in [0.2, 0.25) is 0 Å². The number of carbonyl (C=O) groups is 1. The molecule has 0 bridgehead atoms. The van der Waals surface area contributed by atoms with E-state index in [0.29, 0.717) is 5.56 Å². The second kappa shape index (κ2) is 4.41. The highest BCUT2D eigenvalue weighted by molar-refractivity contribution is 5.86. The first-order chi connectivity index (χ1) is 8.11. The topological polar surface area (TPSA) is 55.1 Å². The van der Waals surface area contributed by atoms with Crippen molar-refractivity contribution in [2.75, 3.05) is 0 Å². The van der Waals surface area contributed by atoms with Crippen LogP contribution < -0.4 is 0 Å². The number of hydrogen-bond donors (Lipinski definition) is 1. The van der Waals surface area contributed by atoms with Crippen LogP contribution in [0.1, 0.15) is 28.5 Å². The van der Waals surface area contributed by atoms with E-state index in [1.807, 2.05) is 24.3 Å². The van der Waals surface area contributed by atoms with Gasteiger partial charge in [-0.2, -0.15) is 5.10 Å². The third kappa shape index (κ3) is 2.20. The van der Waals surface area contributed by atoms with Crippen molar-refractivity contribution in [2.45, 2.75) is 20.3 Å². The highest BCUT2D eigenvalue weighted by Gasteiger charge is 2.12. The Morgan fingerprint density at radius 1 is 1.35 bits per heavy atom. The molecular formula is C13H14N2O2. The smallest absolute Gasteiger partial charge is 0.356 e. The van der Waals surface area contributed by atoms with Gasteiger partial charge in [-0.25, -0.2) is 9.48 Å². The SMILES string of the molecule is CCc1ccc(-n2cc(C)c(C(=O)O)n2)cc1. The fourth-order valence-corrected chi connectivity index (χ4v) is 1.69. The van der Waals surface area contributed by atoms with E-state index in [1.54, 1.807) is 17.8 Å². The van der Waals surface area contributed by atoms with Gasteiger partial charge in [-0.15, -0.1) is 0 Å². The number of aromatic carboxylic acids is 1. The molecule has 0 saturated heterocycles. The van der Waals surface area contributed by atoms with Crippen LogP contribution in [0.15, 0.2) is 30.5 Å². The molecule has 2 aromatic rings. The van der Waals surface area contributed by atoms with Crippen molar-refractivity contribution in [1.82, 2.24) is 9.78 Å². The monoisotopic (exact) mass is 230 g/mol. The zero-order chi connectivity index (χ0) is 12.4. The van der Waals surface area contributed by atoms with Crippen LogP contribution in [0, 0.1) is 6.92 Å². The first kappa shape index (κ1) is 11.4. The van der Waals surface area contributed by atoms with Crippen molar-refractivity contribution in [3.63, 3.8) is 0 Å². The Morgan fingerprint density at radius 2 is 2.00 bits per heavy atom. The maximum Gasteiger partial charge on any atom is 0.356 e. The fraction of sp³-hybridized carbons (Fsp3) is 0.231. The summed E-state index contributed by atoms with van der Waals surface area (Å²) >= 11 is 0. The lowest BCUT2D eigenvalue weighted by Crippen LogP contribution is -2.01. The third-order valence-electron chi connectivity index (χ3n) is 2.71. The normalized spacial score (nSPS) is 10.5. The van der Waals surface area contributed by atoms with Gasteiger partial charge in [0.15, 0.2) is 5.69 Å². The molecule has 1 heterocycles. The van der Waals surface area contributed by atoms with E-state index in [0.717, 1.165) is 12.1 Å². The van der Waals surface area contributed by atoms with Crippen molar-refractivity contribution in [1.29, 1.82) is 0 Å². The molecule has 0 atom stereocenters. The summed E-state index contributed by atoms with van der Waals surface area (Å²) in [6, 6.07) is 7.92. The minimum atomic E-state index is -0.994. The van der Waals surface area contributed by atoms with Crippen molar-refractivity contribution in [2.24, 2.45) is 0 Å². The van der Waals surface area contributed by atoms with E-state index in [1.165, 1.54) is 5.56 Å². The van der Waals surface area contributed by atoms with Crippen molar-refractivity contribution < 1.29 is 9.90 Å². The van der Waals surface area contributed by atoms with E-state index in [-0.39, 0.29) is 5.69 Å². The molecule has 2 rings (SSSR count). The number of nitrogens with zero attached hydrogens (tertiary/aromatic N) is 2. The summed E-state index contributed by atoms with van der Waals surface area (Å²) in [5.41, 5.74) is 2.88. The number of aryl methyl sites for hydroxylation is 2. The van der Waals surface area contributed by atoms with Crippen LogP contribution in [-0.4, -0.2) is 20.9 Å². The summed E-state index contributed by atoms with van der Waals surface area (Å²) in [6.07, 6.45) is 2.71. The van der Waals surface area contributed by atoms with Gasteiger partial charge in [-0.1, -0.05) is 19.1 Å². The summed E-state index contributed by atoms with van der Waals surface area (Å²) < 4.78 is 1.60. The molecule has 0 amide bonds. The summed E-state index contributed by atoms with van der Waals surface area (Å²) in [7, 11) is 0. The van der Waals surface area contributed by atoms with Crippen molar-refractivity contribution in [3.8, 4) is 5.69 Å². The van der Waals surface area contributed by atoms with E-state index in [2.05, 4.69) is 12.0 Å². The van der Waals surface area contributed by atoms with Gasteiger partial charge in [-0.3, -0.25) is 0 Å². The van der Waals surface area contributed by atoms with Gasteiger partial charge in [0.1, 0.15) is 0 Å². The molecule has 0 aliphatic carbocycles. The van der Waals surface area contributed by atoms with E-state index < -0.39 is 5.97 Å². The Hall–Kier alpha value is -2.10. The Morgan fingerprint density at radius 3 is 2.47 bits per heavy atom. The third-order valence-corrected chi connectivity index (χ3v) is 2.71. The second-order valence-corrected chi connectivity index (χ2v) is 3.93. The first-order valence-corrected chi connectivity index (χ1v) is 5.50. The van der Waals surface area contributed by atoms with Gasteiger partial charge in [0.2, 0.25) is 0 Å². The maximum atomic E-state index is 10.9. The van der Waals surface area contributed by atoms with Crippen LogP contribution in [0.5, 0.6) is 0 Å². The minimum absolute atomic E-state index is 0.101. The van der Waals surface area contributed by atoms with Crippen LogP contribution in [0.3, 0.4) is 0 Å². The molecule has 0 radical (unpaired) electrons. The number of rotatable bonds is 3. The maximum absolute atomic E-state index is 10.9. The fourth-order valence-electron chi connectivity index (χ4n) is 1.69. The van der Waals surface area contributed by atoms with Crippen LogP contribution >= 0.6 is 0 Å². The van der Waals surface area contributed by atoms with Gasteiger partial charge in [0.25, 0.3) is 0 Å². The van der Waals surface area contributed by atoms with E-state index >= 15 is 0 Å². The summed E-state index contributed by atoms with van der Waals surface area (Å²) in [4.78, 5) is 10.9. The molecule has 0 aliphatic heterocycles. The molecule has 17 heavy (non-hydrogen) atoms. The lowest BCUT2D eigenvalue weighted by molar-refractivity contribution is 0.0689. The molecule has 88 valence electrons. The highest BCUT2D eigenvalue weighted by Crippen LogP contribution is 2.13. The van der Waals surface area contributed by atoms with Gasteiger partial charge < -0.3 is 5.11 Å². The van der Waals surface area contributed by atoms with Gasteiger partial charge >= 0.3 is 5.97 Å². The largest absolute Gasteiger partial charge is 0.476 e. The predicted molar refractivity (Wildman–Crippen MR) is 64.6 cm³/mol. The molecule has 0 saturated carbocycles. The Bertz CT molecular complexity index is 541. The van der Waals surface area contributed by atoms with E-state index in [4.69, 9.17) is 5.11 Å². The molecule has 0 aliphatic rings. The molecule has 4 heteroatoms. The van der Waals surface area contributed by atoms with Gasteiger partial charge in [-0.05, 0) is 31.0 Å². The first-order valence-electron chi connectivity index (χ1n) is 5.50. The Kier molecular flexibility index (Phi) is 2.95. The van der Waals surface area contributed by atoms with Crippen LogP contribution in [0.25, 0.3) is 5.69 Å². The minimum Gasteiger partial charge on any atom is -0.476 e. The molecule has 1 aromatic carbocycles. The molecule has 0 fully saturated rings. The van der Waals surface area contributed by atoms with Gasteiger partial charge in [0.05, 0.1) is 5.69 Å².